The minimum absolute atomic E-state index is 0.0365. The van der Waals surface area contributed by atoms with Crippen LogP contribution in [0.25, 0.3) is 0 Å². The Hall–Kier alpha value is 0.755. The number of halogens is 1. The number of alkyl halides is 1. The van der Waals surface area contributed by atoms with E-state index in [4.69, 9.17) is 13.6 Å². The molecule has 1 rings (SSSR count). The molecule has 0 amide bonds. The molecular formula is C10H19BIN. The van der Waals surface area contributed by atoms with Gasteiger partial charge in [0.2, 0.25) is 0 Å². The summed E-state index contributed by atoms with van der Waals surface area (Å²) in [6.07, 6.45) is 9.71. The van der Waals surface area contributed by atoms with E-state index in [-0.39, 0.29) is 3.32 Å². The van der Waals surface area contributed by atoms with E-state index in [1.165, 1.54) is 38.5 Å². The van der Waals surface area contributed by atoms with Gasteiger partial charge < -0.3 is 5.73 Å². The van der Waals surface area contributed by atoms with Gasteiger partial charge >= 0.3 is 0 Å². The van der Waals surface area contributed by atoms with Gasteiger partial charge in [0, 0.05) is 6.04 Å². The van der Waals surface area contributed by atoms with E-state index in [0.717, 1.165) is 12.8 Å². The Morgan fingerprint density at radius 2 is 1.69 bits per heavy atom. The lowest BCUT2D eigenvalue weighted by Crippen LogP contribution is -2.25. The Kier molecular flexibility index (Phi) is 5.09. The molecule has 3 heteroatoms. The Bertz CT molecular complexity index is 150. The first-order valence-electron chi connectivity index (χ1n) is 5.33. The third kappa shape index (κ3) is 5.26. The molecule has 1 aliphatic rings. The molecule has 0 aromatic heterocycles. The van der Waals surface area contributed by atoms with Gasteiger partial charge in [-0.3, -0.25) is 0 Å². The van der Waals surface area contributed by atoms with Crippen LogP contribution in [0.1, 0.15) is 51.4 Å². The van der Waals surface area contributed by atoms with Gasteiger partial charge in [0.25, 0.3) is 0 Å². The maximum atomic E-state index is 6.16. The maximum absolute atomic E-state index is 6.16. The summed E-state index contributed by atoms with van der Waals surface area (Å²) in [6, 6.07) is 0.422. The van der Waals surface area contributed by atoms with Crippen molar-refractivity contribution in [3.8, 4) is 0 Å². The summed E-state index contributed by atoms with van der Waals surface area (Å²) in [5, 5.41) is 0. The highest BCUT2D eigenvalue weighted by Gasteiger charge is 2.19. The average molecular weight is 291 g/mol. The molecule has 1 fully saturated rings. The first-order chi connectivity index (χ1) is 6.10. The molecule has 2 atom stereocenters. The molecule has 0 aromatic rings. The van der Waals surface area contributed by atoms with Gasteiger partial charge in [-0.05, 0) is 29.0 Å². The second-order valence-electron chi connectivity index (χ2n) is 4.29. The molecule has 2 unspecified atom stereocenters. The highest BCUT2D eigenvalue weighted by molar-refractivity contribution is 14.1. The third-order valence-electron chi connectivity index (χ3n) is 2.83. The molecule has 2 N–H and O–H groups in total. The van der Waals surface area contributed by atoms with E-state index in [1.807, 2.05) is 0 Å². The second kappa shape index (κ2) is 5.59. The van der Waals surface area contributed by atoms with Crippen LogP contribution in [0.5, 0.6) is 0 Å². The van der Waals surface area contributed by atoms with Gasteiger partial charge in [-0.15, -0.1) is 0 Å². The molecule has 0 bridgehead atoms. The van der Waals surface area contributed by atoms with Crippen molar-refractivity contribution >= 4 is 30.4 Å². The van der Waals surface area contributed by atoms with Crippen LogP contribution >= 0.6 is 22.6 Å². The van der Waals surface area contributed by atoms with Crippen molar-refractivity contribution in [3.05, 3.63) is 0 Å². The summed E-state index contributed by atoms with van der Waals surface area (Å²) in [5.41, 5.74) is 5.97. The standard InChI is InChI=1S/C10H19BIN/c11-10(12)7-3-1-2-5-9(13)6-4-8-10/h9H,1-8,13H2. The molecule has 2 radical (unpaired) electrons. The molecule has 13 heavy (non-hydrogen) atoms. The Labute approximate surface area is 96.8 Å². The zero-order chi connectivity index (χ0) is 9.73. The van der Waals surface area contributed by atoms with E-state index in [0.29, 0.717) is 6.04 Å². The highest BCUT2D eigenvalue weighted by atomic mass is 127. The summed E-state index contributed by atoms with van der Waals surface area (Å²) >= 11 is 2.41. The second-order valence-corrected chi connectivity index (χ2v) is 6.43. The molecule has 0 spiro atoms. The molecule has 0 saturated heterocycles. The molecule has 0 aromatic carbocycles. The van der Waals surface area contributed by atoms with E-state index in [1.54, 1.807) is 0 Å². The topological polar surface area (TPSA) is 26.0 Å². The van der Waals surface area contributed by atoms with Crippen LogP contribution in [0.15, 0.2) is 0 Å². The number of hydrogen-bond donors (Lipinski definition) is 1. The molecule has 1 aliphatic carbocycles. The predicted octanol–water partition coefficient (Wildman–Crippen LogP) is 2.75. The lowest BCUT2D eigenvalue weighted by Gasteiger charge is -2.25. The Morgan fingerprint density at radius 1 is 1.08 bits per heavy atom. The largest absolute Gasteiger partial charge is 0.328 e. The summed E-state index contributed by atoms with van der Waals surface area (Å²) < 4.78 is 0.0365. The SMILES string of the molecule is [B]C1(I)CCCCCC(N)CCC1. The average Bonchev–Trinajstić information content (AvgIpc) is 2.02. The van der Waals surface area contributed by atoms with Crippen molar-refractivity contribution < 1.29 is 0 Å². The summed E-state index contributed by atoms with van der Waals surface area (Å²) in [6.45, 7) is 0. The Morgan fingerprint density at radius 3 is 2.46 bits per heavy atom. The molecular weight excluding hydrogens is 272 g/mol. The van der Waals surface area contributed by atoms with E-state index >= 15 is 0 Å². The number of hydrogen-bond acceptors (Lipinski definition) is 1. The molecule has 1 saturated carbocycles. The molecule has 0 aliphatic heterocycles. The quantitative estimate of drug-likeness (QED) is 0.414. The van der Waals surface area contributed by atoms with Crippen molar-refractivity contribution in [2.24, 2.45) is 5.73 Å². The smallest absolute Gasteiger partial charge is 0.0889 e. The van der Waals surface area contributed by atoms with Gasteiger partial charge in [0.1, 0.15) is 0 Å². The van der Waals surface area contributed by atoms with Gasteiger partial charge in [-0.25, -0.2) is 0 Å². The highest BCUT2D eigenvalue weighted by Crippen LogP contribution is 2.29. The lowest BCUT2D eigenvalue weighted by molar-refractivity contribution is 0.458. The molecule has 74 valence electrons. The fourth-order valence-corrected chi connectivity index (χ4v) is 2.69. The summed E-state index contributed by atoms with van der Waals surface area (Å²) in [7, 11) is 6.16. The van der Waals surface area contributed by atoms with Gasteiger partial charge in [-0.2, -0.15) is 0 Å². The first-order valence-corrected chi connectivity index (χ1v) is 6.41. The minimum atomic E-state index is 0.0365. The number of rotatable bonds is 0. The van der Waals surface area contributed by atoms with Crippen molar-refractivity contribution in [1.82, 2.24) is 0 Å². The fourth-order valence-electron chi connectivity index (χ4n) is 1.93. The number of nitrogens with two attached hydrogens (primary N) is 1. The fraction of sp³-hybridized carbons (Fsp3) is 1.00. The van der Waals surface area contributed by atoms with Crippen LogP contribution in [0.2, 0.25) is 0 Å². The van der Waals surface area contributed by atoms with Crippen LogP contribution in [0.4, 0.5) is 0 Å². The van der Waals surface area contributed by atoms with Crippen LogP contribution in [0, 0.1) is 0 Å². The van der Waals surface area contributed by atoms with Crippen molar-refractivity contribution in [2.45, 2.75) is 60.7 Å². The zero-order valence-corrected chi connectivity index (χ0v) is 10.4. The molecule has 0 heterocycles. The molecule has 1 nitrogen and oxygen atoms in total. The zero-order valence-electron chi connectivity index (χ0n) is 8.27. The van der Waals surface area contributed by atoms with Crippen LogP contribution in [-0.4, -0.2) is 17.2 Å². The summed E-state index contributed by atoms with van der Waals surface area (Å²) in [5.74, 6) is 0. The van der Waals surface area contributed by atoms with Gasteiger partial charge in [-0.1, -0.05) is 48.3 Å². The van der Waals surface area contributed by atoms with Crippen molar-refractivity contribution in [3.63, 3.8) is 0 Å². The van der Waals surface area contributed by atoms with E-state index in [9.17, 15) is 0 Å². The van der Waals surface area contributed by atoms with Crippen LogP contribution in [-0.2, 0) is 0 Å². The van der Waals surface area contributed by atoms with E-state index in [2.05, 4.69) is 22.6 Å². The van der Waals surface area contributed by atoms with Gasteiger partial charge in [0.05, 0.1) is 7.85 Å². The lowest BCUT2D eigenvalue weighted by atomic mass is 9.78. The monoisotopic (exact) mass is 291 g/mol. The Balaban J connectivity index is 2.35. The van der Waals surface area contributed by atoms with Crippen LogP contribution in [0.3, 0.4) is 0 Å². The van der Waals surface area contributed by atoms with Crippen molar-refractivity contribution in [2.75, 3.05) is 0 Å². The van der Waals surface area contributed by atoms with Crippen LogP contribution < -0.4 is 5.73 Å². The first kappa shape index (κ1) is 11.8. The summed E-state index contributed by atoms with van der Waals surface area (Å²) in [4.78, 5) is 0. The van der Waals surface area contributed by atoms with Crippen molar-refractivity contribution in [1.29, 1.82) is 0 Å². The van der Waals surface area contributed by atoms with Gasteiger partial charge in [0.15, 0.2) is 0 Å². The normalized spacial score (nSPS) is 38.5. The minimum Gasteiger partial charge on any atom is -0.328 e. The third-order valence-corrected chi connectivity index (χ3v) is 3.91. The van der Waals surface area contributed by atoms with E-state index < -0.39 is 0 Å². The maximum Gasteiger partial charge on any atom is 0.0889 e. The predicted molar refractivity (Wildman–Crippen MR) is 67.4 cm³/mol.